The minimum atomic E-state index is 0.597. The minimum Gasteiger partial charge on any atom is -0.343 e. The van der Waals surface area contributed by atoms with Gasteiger partial charge >= 0.3 is 0 Å². The van der Waals surface area contributed by atoms with Gasteiger partial charge in [-0.05, 0) is 45.5 Å². The zero-order valence-corrected chi connectivity index (χ0v) is 10.3. The minimum absolute atomic E-state index is 0.597. The van der Waals surface area contributed by atoms with Gasteiger partial charge in [-0.2, -0.15) is 11.3 Å². The van der Waals surface area contributed by atoms with Gasteiger partial charge in [0.2, 0.25) is 0 Å². The van der Waals surface area contributed by atoms with Crippen molar-refractivity contribution in [2.45, 2.75) is 13.1 Å². The third kappa shape index (κ3) is 1.99. The summed E-state index contributed by atoms with van der Waals surface area (Å²) in [6.45, 7) is 1.53. The monoisotopic (exact) mass is 242 g/mol. The van der Waals surface area contributed by atoms with E-state index in [-0.39, 0.29) is 0 Å². The Morgan fingerprint density at radius 1 is 1.12 bits per heavy atom. The van der Waals surface area contributed by atoms with Crippen molar-refractivity contribution in [3.8, 4) is 0 Å². The van der Waals surface area contributed by atoms with Crippen molar-refractivity contribution in [2.24, 2.45) is 5.73 Å². The van der Waals surface area contributed by atoms with Gasteiger partial charge in [-0.25, -0.2) is 0 Å². The highest BCUT2D eigenvalue weighted by atomic mass is 32.1. The molecule has 2 nitrogen and oxygen atoms in total. The molecule has 2 N–H and O–H groups in total. The number of thiophene rings is 1. The number of benzene rings is 1. The molecule has 0 fully saturated rings. The normalized spacial score (nSPS) is 11.1. The Morgan fingerprint density at radius 3 is 2.82 bits per heavy atom. The standard InChI is InChI=1S/C14H14N2S/c15-8-11-1-2-13-3-5-16(14(13)7-11)9-12-4-6-17-10-12/h1-7,10H,8-9,15H2. The zero-order chi connectivity index (χ0) is 11.7. The van der Waals surface area contributed by atoms with Crippen LogP contribution in [-0.4, -0.2) is 4.57 Å². The lowest BCUT2D eigenvalue weighted by atomic mass is 10.1. The molecule has 0 saturated heterocycles. The molecule has 0 aliphatic rings. The fourth-order valence-corrected chi connectivity index (χ4v) is 2.73. The van der Waals surface area contributed by atoms with E-state index in [1.54, 1.807) is 11.3 Å². The van der Waals surface area contributed by atoms with E-state index in [0.29, 0.717) is 6.54 Å². The summed E-state index contributed by atoms with van der Waals surface area (Å²) in [5.74, 6) is 0. The lowest BCUT2D eigenvalue weighted by molar-refractivity contribution is 0.839. The van der Waals surface area contributed by atoms with Crippen LogP contribution in [0.5, 0.6) is 0 Å². The van der Waals surface area contributed by atoms with Crippen LogP contribution >= 0.6 is 11.3 Å². The second kappa shape index (κ2) is 4.35. The van der Waals surface area contributed by atoms with Crippen LogP contribution in [0.2, 0.25) is 0 Å². The van der Waals surface area contributed by atoms with E-state index in [2.05, 4.69) is 51.9 Å². The Kier molecular flexibility index (Phi) is 2.71. The van der Waals surface area contributed by atoms with Crippen molar-refractivity contribution < 1.29 is 0 Å². The summed E-state index contributed by atoms with van der Waals surface area (Å²) in [6, 6.07) is 10.7. The summed E-state index contributed by atoms with van der Waals surface area (Å²) in [7, 11) is 0. The molecule has 0 amide bonds. The third-order valence-electron chi connectivity index (χ3n) is 3.01. The van der Waals surface area contributed by atoms with E-state index in [0.717, 1.165) is 6.54 Å². The second-order valence-corrected chi connectivity index (χ2v) is 4.95. The maximum absolute atomic E-state index is 5.69. The molecular weight excluding hydrogens is 228 g/mol. The first-order valence-electron chi connectivity index (χ1n) is 5.66. The number of fused-ring (bicyclic) bond motifs is 1. The van der Waals surface area contributed by atoms with Gasteiger partial charge in [-0.15, -0.1) is 0 Å². The summed E-state index contributed by atoms with van der Waals surface area (Å²) in [5, 5.41) is 5.59. The average Bonchev–Trinajstić information content (AvgIpc) is 2.99. The molecule has 2 aromatic heterocycles. The molecule has 0 atom stereocenters. The van der Waals surface area contributed by atoms with Gasteiger partial charge in [-0.1, -0.05) is 12.1 Å². The van der Waals surface area contributed by atoms with Crippen LogP contribution in [0, 0.1) is 0 Å². The molecule has 1 aromatic carbocycles. The van der Waals surface area contributed by atoms with E-state index in [1.807, 2.05) is 0 Å². The topological polar surface area (TPSA) is 30.9 Å². The first-order valence-corrected chi connectivity index (χ1v) is 6.60. The fraction of sp³-hybridized carbons (Fsp3) is 0.143. The van der Waals surface area contributed by atoms with Gasteiger partial charge in [-0.3, -0.25) is 0 Å². The Hall–Kier alpha value is -1.58. The molecule has 0 saturated carbocycles. The van der Waals surface area contributed by atoms with Crippen LogP contribution in [0.3, 0.4) is 0 Å². The maximum Gasteiger partial charge on any atom is 0.0486 e. The van der Waals surface area contributed by atoms with Crippen LogP contribution in [0.15, 0.2) is 47.3 Å². The van der Waals surface area contributed by atoms with Crippen molar-refractivity contribution in [3.05, 3.63) is 58.4 Å². The molecule has 2 heterocycles. The predicted molar refractivity (Wildman–Crippen MR) is 73.3 cm³/mol. The summed E-state index contributed by atoms with van der Waals surface area (Å²) >= 11 is 1.74. The summed E-state index contributed by atoms with van der Waals surface area (Å²) < 4.78 is 2.27. The predicted octanol–water partition coefficient (Wildman–Crippen LogP) is 3.21. The molecule has 0 aliphatic heterocycles. The first kappa shape index (κ1) is 10.6. The molecule has 0 bridgehead atoms. The van der Waals surface area contributed by atoms with Gasteiger partial charge in [0, 0.05) is 24.8 Å². The molecule has 0 spiro atoms. The highest BCUT2D eigenvalue weighted by Crippen LogP contribution is 2.19. The van der Waals surface area contributed by atoms with Crippen LogP contribution < -0.4 is 5.73 Å². The third-order valence-corrected chi connectivity index (χ3v) is 3.74. The number of hydrogen-bond acceptors (Lipinski definition) is 2. The molecule has 86 valence electrons. The highest BCUT2D eigenvalue weighted by Gasteiger charge is 2.03. The van der Waals surface area contributed by atoms with E-state index >= 15 is 0 Å². The lowest BCUT2D eigenvalue weighted by Crippen LogP contribution is -1.99. The number of aromatic nitrogens is 1. The van der Waals surface area contributed by atoms with Gasteiger partial charge in [0.05, 0.1) is 0 Å². The fourth-order valence-electron chi connectivity index (χ4n) is 2.07. The number of nitrogens with two attached hydrogens (primary N) is 1. The smallest absolute Gasteiger partial charge is 0.0486 e. The summed E-state index contributed by atoms with van der Waals surface area (Å²) in [6.07, 6.45) is 2.14. The van der Waals surface area contributed by atoms with Crippen LogP contribution in [0.25, 0.3) is 10.9 Å². The van der Waals surface area contributed by atoms with Gasteiger partial charge in [0.1, 0.15) is 0 Å². The summed E-state index contributed by atoms with van der Waals surface area (Å²) in [5.41, 5.74) is 9.49. The molecule has 3 rings (SSSR count). The molecule has 3 aromatic rings. The van der Waals surface area contributed by atoms with E-state index in [1.165, 1.54) is 22.0 Å². The lowest BCUT2D eigenvalue weighted by Gasteiger charge is -2.05. The van der Waals surface area contributed by atoms with E-state index < -0.39 is 0 Å². The first-order chi connectivity index (χ1) is 8.36. The number of nitrogens with zero attached hydrogens (tertiary/aromatic N) is 1. The van der Waals surface area contributed by atoms with Crippen molar-refractivity contribution in [1.29, 1.82) is 0 Å². The Labute approximate surface area is 104 Å². The maximum atomic E-state index is 5.69. The second-order valence-electron chi connectivity index (χ2n) is 4.17. The quantitative estimate of drug-likeness (QED) is 0.751. The van der Waals surface area contributed by atoms with Crippen molar-refractivity contribution >= 4 is 22.2 Å². The molecule has 0 unspecified atom stereocenters. The van der Waals surface area contributed by atoms with Crippen molar-refractivity contribution in [2.75, 3.05) is 0 Å². The van der Waals surface area contributed by atoms with Gasteiger partial charge in [0.25, 0.3) is 0 Å². The van der Waals surface area contributed by atoms with Crippen LogP contribution in [0.1, 0.15) is 11.1 Å². The highest BCUT2D eigenvalue weighted by molar-refractivity contribution is 7.07. The van der Waals surface area contributed by atoms with Crippen molar-refractivity contribution in [1.82, 2.24) is 4.57 Å². The molecule has 0 radical (unpaired) electrons. The zero-order valence-electron chi connectivity index (χ0n) is 9.47. The number of rotatable bonds is 3. The van der Waals surface area contributed by atoms with E-state index in [9.17, 15) is 0 Å². The molecule has 0 aliphatic carbocycles. The SMILES string of the molecule is NCc1ccc2ccn(Cc3ccsc3)c2c1. The molecule has 3 heteroatoms. The summed E-state index contributed by atoms with van der Waals surface area (Å²) in [4.78, 5) is 0. The van der Waals surface area contributed by atoms with Crippen molar-refractivity contribution in [3.63, 3.8) is 0 Å². The van der Waals surface area contributed by atoms with E-state index in [4.69, 9.17) is 5.73 Å². The Morgan fingerprint density at radius 2 is 2.06 bits per heavy atom. The van der Waals surface area contributed by atoms with Gasteiger partial charge in [0.15, 0.2) is 0 Å². The largest absolute Gasteiger partial charge is 0.343 e. The molecule has 17 heavy (non-hydrogen) atoms. The van der Waals surface area contributed by atoms with Crippen LogP contribution in [0.4, 0.5) is 0 Å². The van der Waals surface area contributed by atoms with Gasteiger partial charge < -0.3 is 10.3 Å². The average molecular weight is 242 g/mol. The Bertz CT molecular complexity index is 623. The number of hydrogen-bond donors (Lipinski definition) is 1. The Balaban J connectivity index is 2.04. The molecular formula is C14H14N2S. The van der Waals surface area contributed by atoms with Crippen LogP contribution in [-0.2, 0) is 13.1 Å².